The Morgan fingerprint density at radius 1 is 1.29 bits per heavy atom. The number of nitrogens with one attached hydrogen (secondary N) is 2. The lowest BCUT2D eigenvalue weighted by molar-refractivity contribution is -0.143. The van der Waals surface area contributed by atoms with Gasteiger partial charge in [0.15, 0.2) is 11.4 Å². The van der Waals surface area contributed by atoms with Gasteiger partial charge in [0.05, 0.1) is 5.69 Å². The lowest BCUT2D eigenvalue weighted by Gasteiger charge is -2.11. The minimum atomic E-state index is -4.88. The van der Waals surface area contributed by atoms with Gasteiger partial charge in [-0.15, -0.1) is 17.5 Å². The Kier molecular flexibility index (Phi) is 6.67. The van der Waals surface area contributed by atoms with Crippen LogP contribution in [-0.2, 0) is 6.18 Å². The van der Waals surface area contributed by atoms with Gasteiger partial charge in [0.25, 0.3) is 5.91 Å². The summed E-state index contributed by atoms with van der Waals surface area (Å²) in [5.41, 5.74) is -2.40. The molecule has 0 radical (unpaired) electrons. The van der Waals surface area contributed by atoms with Crippen LogP contribution in [0.4, 0.5) is 17.6 Å². The van der Waals surface area contributed by atoms with Crippen molar-refractivity contribution in [2.45, 2.75) is 6.18 Å². The van der Waals surface area contributed by atoms with Crippen molar-refractivity contribution in [2.75, 3.05) is 20.1 Å². The molecule has 11 heteroatoms. The number of amides is 1. The molecule has 0 saturated carbocycles. The molecule has 0 atom stereocenters. The van der Waals surface area contributed by atoms with E-state index in [0.717, 1.165) is 12.1 Å². The molecule has 0 bridgehead atoms. The zero-order chi connectivity index (χ0) is 17.0. The predicted octanol–water partition coefficient (Wildman–Crippen LogP) is 1.80. The number of benzene rings is 1. The van der Waals surface area contributed by atoms with Crippen molar-refractivity contribution in [3.05, 3.63) is 41.5 Å². The summed E-state index contributed by atoms with van der Waals surface area (Å²) in [6, 6.07) is 4.42. The topological polar surface area (TPSA) is 71.8 Å². The van der Waals surface area contributed by atoms with E-state index in [2.05, 4.69) is 20.9 Å². The van der Waals surface area contributed by atoms with Crippen LogP contribution in [0.15, 0.2) is 24.3 Å². The zero-order valence-electron chi connectivity index (χ0n) is 12.4. The number of halogens is 5. The molecule has 0 aliphatic rings. The fraction of sp³-hybridized carbons (Fsp3) is 0.308. The lowest BCUT2D eigenvalue weighted by Crippen LogP contribution is -2.32. The molecule has 0 aliphatic heterocycles. The van der Waals surface area contributed by atoms with Crippen LogP contribution in [0.5, 0.6) is 0 Å². The summed E-state index contributed by atoms with van der Waals surface area (Å²) < 4.78 is 53.5. The van der Waals surface area contributed by atoms with Gasteiger partial charge in [-0.25, -0.2) is 9.07 Å². The largest absolute Gasteiger partial charge is 0.435 e. The number of carbonyl (C=O) groups is 1. The molecule has 2 rings (SSSR count). The Hall–Kier alpha value is -2.20. The van der Waals surface area contributed by atoms with Crippen LogP contribution >= 0.6 is 12.4 Å². The maximum absolute atomic E-state index is 13.3. The molecule has 24 heavy (non-hydrogen) atoms. The second-order valence-corrected chi connectivity index (χ2v) is 4.54. The number of likely N-dealkylation sites (N-methyl/N-ethyl adjacent to an activating group) is 1. The smallest absolute Gasteiger partial charge is 0.349 e. The van der Waals surface area contributed by atoms with Gasteiger partial charge in [-0.3, -0.25) is 4.79 Å². The number of alkyl halides is 3. The summed E-state index contributed by atoms with van der Waals surface area (Å²) in [5, 5.41) is 11.7. The lowest BCUT2D eigenvalue weighted by atomic mass is 10.2. The third kappa shape index (κ3) is 4.42. The van der Waals surface area contributed by atoms with Crippen molar-refractivity contribution in [3.8, 4) is 5.69 Å². The highest BCUT2D eigenvalue weighted by Crippen LogP contribution is 2.32. The zero-order valence-corrected chi connectivity index (χ0v) is 13.2. The normalized spacial score (nSPS) is 11.0. The van der Waals surface area contributed by atoms with Crippen molar-refractivity contribution in [1.29, 1.82) is 0 Å². The molecule has 2 aromatic rings. The molecule has 0 aliphatic carbocycles. The van der Waals surface area contributed by atoms with Crippen molar-refractivity contribution in [3.63, 3.8) is 0 Å². The SMILES string of the molecule is CNCCNC(=O)c1nnn(-c2cccc(F)c2)c1C(F)(F)F.Cl. The molecule has 2 N–H and O–H groups in total. The highest BCUT2D eigenvalue weighted by atomic mass is 35.5. The van der Waals surface area contributed by atoms with E-state index >= 15 is 0 Å². The molecule has 0 saturated heterocycles. The van der Waals surface area contributed by atoms with Gasteiger partial charge in [-0.1, -0.05) is 11.3 Å². The molecule has 1 heterocycles. The van der Waals surface area contributed by atoms with E-state index in [9.17, 15) is 22.4 Å². The maximum atomic E-state index is 13.3. The average molecular weight is 368 g/mol. The quantitative estimate of drug-likeness (QED) is 0.624. The summed E-state index contributed by atoms with van der Waals surface area (Å²) in [6.07, 6.45) is -4.88. The molecule has 1 aromatic heterocycles. The fourth-order valence-corrected chi connectivity index (χ4v) is 1.86. The Labute approximate surface area is 140 Å². The molecule has 132 valence electrons. The molecule has 0 unspecified atom stereocenters. The van der Waals surface area contributed by atoms with Gasteiger partial charge in [-0.2, -0.15) is 13.2 Å². The Morgan fingerprint density at radius 2 is 2.00 bits per heavy atom. The van der Waals surface area contributed by atoms with E-state index in [0.29, 0.717) is 11.2 Å². The van der Waals surface area contributed by atoms with E-state index in [1.807, 2.05) is 0 Å². The van der Waals surface area contributed by atoms with Gasteiger partial charge < -0.3 is 10.6 Å². The number of aromatic nitrogens is 3. The summed E-state index contributed by atoms with van der Waals surface area (Å²) in [4.78, 5) is 11.9. The fourth-order valence-electron chi connectivity index (χ4n) is 1.86. The van der Waals surface area contributed by atoms with Crippen molar-refractivity contribution in [1.82, 2.24) is 25.6 Å². The van der Waals surface area contributed by atoms with Gasteiger partial charge in [0, 0.05) is 13.1 Å². The van der Waals surface area contributed by atoms with Gasteiger partial charge >= 0.3 is 6.18 Å². The number of carbonyl (C=O) groups excluding carboxylic acids is 1. The highest BCUT2D eigenvalue weighted by Gasteiger charge is 2.41. The molecule has 1 aromatic carbocycles. The highest BCUT2D eigenvalue weighted by molar-refractivity contribution is 5.93. The van der Waals surface area contributed by atoms with Crippen LogP contribution in [0.25, 0.3) is 5.69 Å². The first kappa shape index (κ1) is 19.8. The third-order valence-electron chi connectivity index (χ3n) is 2.87. The van der Waals surface area contributed by atoms with Crippen LogP contribution < -0.4 is 10.6 Å². The van der Waals surface area contributed by atoms with Gasteiger partial charge in [-0.05, 0) is 25.2 Å². The molecular weight excluding hydrogens is 354 g/mol. The first-order valence-electron chi connectivity index (χ1n) is 6.56. The molecule has 6 nitrogen and oxygen atoms in total. The number of nitrogens with zero attached hydrogens (tertiary/aromatic N) is 3. The van der Waals surface area contributed by atoms with Crippen LogP contribution in [0.2, 0.25) is 0 Å². The molecule has 1 amide bonds. The molecule has 0 spiro atoms. The van der Waals surface area contributed by atoms with Crippen LogP contribution in [0.1, 0.15) is 16.2 Å². The number of hydrogen-bond acceptors (Lipinski definition) is 4. The Balaban J connectivity index is 0.00000288. The minimum Gasteiger partial charge on any atom is -0.349 e. The number of hydrogen-bond donors (Lipinski definition) is 2. The minimum absolute atomic E-state index is 0. The second kappa shape index (κ2) is 8.06. The summed E-state index contributed by atoms with van der Waals surface area (Å²) in [6.45, 7) is 0.505. The van der Waals surface area contributed by atoms with Crippen molar-refractivity contribution >= 4 is 18.3 Å². The standard InChI is InChI=1S/C13H13F4N5O.ClH/c1-18-5-6-19-12(23)10-11(13(15,16)17)22(21-20-10)9-4-2-3-8(14)7-9;/h2-4,7,18H,5-6H2,1H3,(H,19,23);1H. The summed E-state index contributed by atoms with van der Waals surface area (Å²) >= 11 is 0. The first-order valence-corrected chi connectivity index (χ1v) is 6.56. The first-order chi connectivity index (χ1) is 10.8. The maximum Gasteiger partial charge on any atom is 0.435 e. The van der Waals surface area contributed by atoms with E-state index in [-0.39, 0.29) is 24.6 Å². The van der Waals surface area contributed by atoms with Gasteiger partial charge in [0.2, 0.25) is 0 Å². The van der Waals surface area contributed by atoms with Crippen LogP contribution in [0, 0.1) is 5.82 Å². The Morgan fingerprint density at radius 3 is 2.58 bits per heavy atom. The Bertz CT molecular complexity index is 704. The monoisotopic (exact) mass is 367 g/mol. The summed E-state index contributed by atoms with van der Waals surface area (Å²) in [7, 11) is 1.63. The average Bonchev–Trinajstić information content (AvgIpc) is 2.92. The van der Waals surface area contributed by atoms with E-state index in [1.54, 1.807) is 7.05 Å². The van der Waals surface area contributed by atoms with Crippen LogP contribution in [0.3, 0.4) is 0 Å². The van der Waals surface area contributed by atoms with E-state index < -0.39 is 29.3 Å². The predicted molar refractivity (Wildman–Crippen MR) is 79.8 cm³/mol. The van der Waals surface area contributed by atoms with Crippen molar-refractivity contribution < 1.29 is 22.4 Å². The molecular formula is C13H14ClF4N5O. The number of rotatable bonds is 5. The second-order valence-electron chi connectivity index (χ2n) is 4.54. The molecule has 0 fully saturated rings. The van der Waals surface area contributed by atoms with Crippen molar-refractivity contribution in [2.24, 2.45) is 0 Å². The van der Waals surface area contributed by atoms with E-state index in [4.69, 9.17) is 0 Å². The third-order valence-corrected chi connectivity index (χ3v) is 2.87. The summed E-state index contributed by atoms with van der Waals surface area (Å²) in [5.74, 6) is -1.73. The van der Waals surface area contributed by atoms with Gasteiger partial charge in [0.1, 0.15) is 5.82 Å². The van der Waals surface area contributed by atoms with E-state index in [1.165, 1.54) is 12.1 Å². The van der Waals surface area contributed by atoms with Crippen LogP contribution in [-0.4, -0.2) is 41.0 Å².